The van der Waals surface area contributed by atoms with Crippen molar-refractivity contribution in [1.82, 2.24) is 9.88 Å². The van der Waals surface area contributed by atoms with Crippen molar-refractivity contribution in [3.8, 4) is 0 Å². The molecule has 2 atom stereocenters. The summed E-state index contributed by atoms with van der Waals surface area (Å²) in [5.41, 5.74) is 8.23. The minimum Gasteiger partial charge on any atom is -0.379 e. The molecule has 2 N–H and O–H groups in total. The fourth-order valence-corrected chi connectivity index (χ4v) is 3.23. The quantitative estimate of drug-likeness (QED) is 0.908. The van der Waals surface area contributed by atoms with Crippen molar-refractivity contribution in [1.29, 1.82) is 0 Å². The normalized spacial score (nSPS) is 25.2. The summed E-state index contributed by atoms with van der Waals surface area (Å²) in [4.78, 5) is 9.54. The molecule has 1 aromatic heterocycles. The fraction of sp³-hybridized carbons (Fsp3) is 0.688. The third-order valence-corrected chi connectivity index (χ3v) is 4.68. The molecule has 21 heavy (non-hydrogen) atoms. The van der Waals surface area contributed by atoms with Crippen LogP contribution in [-0.2, 0) is 4.74 Å². The van der Waals surface area contributed by atoms with E-state index in [4.69, 9.17) is 10.5 Å². The Morgan fingerprint density at radius 3 is 2.81 bits per heavy atom. The Bertz CT molecular complexity index is 444. The third-order valence-electron chi connectivity index (χ3n) is 4.68. The molecule has 0 aliphatic carbocycles. The number of hydrogen-bond acceptors (Lipinski definition) is 5. The van der Waals surface area contributed by atoms with Gasteiger partial charge in [0, 0.05) is 38.3 Å². The molecule has 2 fully saturated rings. The van der Waals surface area contributed by atoms with Crippen molar-refractivity contribution in [2.45, 2.75) is 31.8 Å². The lowest BCUT2D eigenvalue weighted by Crippen LogP contribution is -2.44. The predicted molar refractivity (Wildman–Crippen MR) is 84.5 cm³/mol. The van der Waals surface area contributed by atoms with Crippen molar-refractivity contribution in [2.24, 2.45) is 5.73 Å². The summed E-state index contributed by atoms with van der Waals surface area (Å²) in [5, 5.41) is 0. The van der Waals surface area contributed by atoms with E-state index in [1.54, 1.807) is 0 Å². The average molecular weight is 290 g/mol. The first-order valence-electron chi connectivity index (χ1n) is 8.06. The minimum atomic E-state index is 0.0544. The number of nitrogens with two attached hydrogens (primary N) is 1. The lowest BCUT2D eigenvalue weighted by molar-refractivity contribution is 0.0209. The maximum absolute atomic E-state index is 6.02. The van der Waals surface area contributed by atoms with E-state index in [1.165, 1.54) is 12.1 Å². The van der Waals surface area contributed by atoms with E-state index in [-0.39, 0.29) is 6.04 Å². The highest BCUT2D eigenvalue weighted by Crippen LogP contribution is 2.24. The van der Waals surface area contributed by atoms with Gasteiger partial charge in [0.15, 0.2) is 0 Å². The first-order valence-corrected chi connectivity index (χ1v) is 8.06. The van der Waals surface area contributed by atoms with Gasteiger partial charge < -0.3 is 15.4 Å². The number of pyridine rings is 1. The second-order valence-corrected chi connectivity index (χ2v) is 5.99. The van der Waals surface area contributed by atoms with E-state index in [2.05, 4.69) is 33.8 Å². The minimum absolute atomic E-state index is 0.0544. The second kappa shape index (κ2) is 6.73. The number of ether oxygens (including phenoxy) is 1. The largest absolute Gasteiger partial charge is 0.379 e. The first kappa shape index (κ1) is 14.8. The molecule has 0 bridgehead atoms. The molecule has 0 aromatic carbocycles. The molecule has 116 valence electrons. The SMILES string of the molecule is CC[C@@H](N)c1ccc(N2CCC(N3CCOCC3)C2)cn1. The van der Waals surface area contributed by atoms with Crippen molar-refractivity contribution >= 4 is 5.69 Å². The van der Waals surface area contributed by atoms with Crippen LogP contribution in [0.4, 0.5) is 5.69 Å². The summed E-state index contributed by atoms with van der Waals surface area (Å²) in [6, 6.07) is 4.95. The summed E-state index contributed by atoms with van der Waals surface area (Å²) in [6.07, 6.45) is 4.14. The van der Waals surface area contributed by atoms with Crippen molar-refractivity contribution in [3.63, 3.8) is 0 Å². The maximum atomic E-state index is 6.02. The standard InChI is InChI=1S/C16H26N4O/c1-2-15(17)16-4-3-13(11-18-16)20-6-5-14(12-20)19-7-9-21-10-8-19/h3-4,11,14-15H,2,5-10,12,17H2,1H3/t14?,15-/m1/s1. The van der Waals surface area contributed by atoms with Gasteiger partial charge in [-0.25, -0.2) is 0 Å². The fourth-order valence-electron chi connectivity index (χ4n) is 3.23. The Hall–Kier alpha value is -1.17. The molecule has 1 unspecified atom stereocenters. The summed E-state index contributed by atoms with van der Waals surface area (Å²) < 4.78 is 5.44. The van der Waals surface area contributed by atoms with Crippen molar-refractivity contribution in [3.05, 3.63) is 24.0 Å². The topological polar surface area (TPSA) is 54.6 Å². The number of nitrogens with zero attached hydrogens (tertiary/aromatic N) is 3. The molecular formula is C16H26N4O. The average Bonchev–Trinajstić information content (AvgIpc) is 3.05. The Kier molecular flexibility index (Phi) is 4.73. The van der Waals surface area contributed by atoms with Crippen LogP contribution < -0.4 is 10.6 Å². The number of rotatable bonds is 4. The molecule has 0 amide bonds. The van der Waals surface area contributed by atoms with Crippen LogP contribution in [0.5, 0.6) is 0 Å². The first-order chi connectivity index (χ1) is 10.3. The van der Waals surface area contributed by atoms with E-state index < -0.39 is 0 Å². The van der Waals surface area contributed by atoms with Crippen LogP contribution in [0.25, 0.3) is 0 Å². The molecule has 2 saturated heterocycles. The Labute approximate surface area is 127 Å². The second-order valence-electron chi connectivity index (χ2n) is 5.99. The van der Waals surface area contributed by atoms with Crippen LogP contribution in [0, 0.1) is 0 Å². The number of aromatic nitrogens is 1. The van der Waals surface area contributed by atoms with Crippen LogP contribution in [0.1, 0.15) is 31.5 Å². The zero-order valence-corrected chi connectivity index (χ0v) is 12.9. The van der Waals surface area contributed by atoms with Crippen LogP contribution in [0.3, 0.4) is 0 Å². The number of hydrogen-bond donors (Lipinski definition) is 1. The lowest BCUT2D eigenvalue weighted by Gasteiger charge is -2.32. The molecule has 5 heteroatoms. The smallest absolute Gasteiger partial charge is 0.0594 e. The van der Waals surface area contributed by atoms with E-state index in [0.717, 1.165) is 51.5 Å². The number of anilines is 1. The van der Waals surface area contributed by atoms with Crippen LogP contribution >= 0.6 is 0 Å². The van der Waals surface area contributed by atoms with E-state index >= 15 is 0 Å². The van der Waals surface area contributed by atoms with Gasteiger partial charge in [0.2, 0.25) is 0 Å². The van der Waals surface area contributed by atoms with Crippen LogP contribution in [0.15, 0.2) is 18.3 Å². The van der Waals surface area contributed by atoms with Crippen LogP contribution in [-0.4, -0.2) is 55.3 Å². The van der Waals surface area contributed by atoms with Crippen molar-refractivity contribution < 1.29 is 4.74 Å². The Morgan fingerprint density at radius 1 is 1.33 bits per heavy atom. The monoisotopic (exact) mass is 290 g/mol. The molecule has 2 aliphatic heterocycles. The maximum Gasteiger partial charge on any atom is 0.0594 e. The van der Waals surface area contributed by atoms with Gasteiger partial charge in [-0.05, 0) is 25.0 Å². The van der Waals surface area contributed by atoms with E-state index in [0.29, 0.717) is 6.04 Å². The highest BCUT2D eigenvalue weighted by Gasteiger charge is 2.28. The molecule has 0 spiro atoms. The van der Waals surface area contributed by atoms with E-state index in [1.807, 2.05) is 6.20 Å². The van der Waals surface area contributed by atoms with E-state index in [9.17, 15) is 0 Å². The zero-order valence-electron chi connectivity index (χ0n) is 12.9. The number of morpholine rings is 1. The molecular weight excluding hydrogens is 264 g/mol. The summed E-state index contributed by atoms with van der Waals surface area (Å²) in [6.45, 7) is 8.20. The zero-order chi connectivity index (χ0) is 14.7. The van der Waals surface area contributed by atoms with Gasteiger partial charge in [-0.2, -0.15) is 0 Å². The van der Waals surface area contributed by atoms with Gasteiger partial charge in [0.25, 0.3) is 0 Å². The molecule has 0 radical (unpaired) electrons. The van der Waals surface area contributed by atoms with Gasteiger partial charge in [-0.15, -0.1) is 0 Å². The van der Waals surface area contributed by atoms with Gasteiger partial charge in [-0.3, -0.25) is 9.88 Å². The highest BCUT2D eigenvalue weighted by molar-refractivity contribution is 5.46. The van der Waals surface area contributed by atoms with Crippen LogP contribution in [0.2, 0.25) is 0 Å². The van der Waals surface area contributed by atoms with Gasteiger partial charge in [0.05, 0.1) is 30.8 Å². The molecule has 5 nitrogen and oxygen atoms in total. The highest BCUT2D eigenvalue weighted by atomic mass is 16.5. The summed E-state index contributed by atoms with van der Waals surface area (Å²) >= 11 is 0. The third kappa shape index (κ3) is 3.36. The van der Waals surface area contributed by atoms with Gasteiger partial charge in [-0.1, -0.05) is 6.92 Å². The summed E-state index contributed by atoms with van der Waals surface area (Å²) in [5.74, 6) is 0. The lowest BCUT2D eigenvalue weighted by atomic mass is 10.1. The van der Waals surface area contributed by atoms with Gasteiger partial charge >= 0.3 is 0 Å². The molecule has 2 aliphatic rings. The van der Waals surface area contributed by atoms with Gasteiger partial charge in [0.1, 0.15) is 0 Å². The van der Waals surface area contributed by atoms with Crippen molar-refractivity contribution in [2.75, 3.05) is 44.3 Å². The molecule has 1 aromatic rings. The Balaban J connectivity index is 1.60. The molecule has 3 heterocycles. The predicted octanol–water partition coefficient (Wildman–Crippen LogP) is 1.40. The molecule has 3 rings (SSSR count). The molecule has 0 saturated carbocycles. The Morgan fingerprint density at radius 2 is 2.14 bits per heavy atom. The summed E-state index contributed by atoms with van der Waals surface area (Å²) in [7, 11) is 0.